The normalized spacial score (nSPS) is 9.80. The summed E-state index contributed by atoms with van der Waals surface area (Å²) in [4.78, 5) is 11.3. The molecule has 0 aliphatic carbocycles. The third-order valence-corrected chi connectivity index (χ3v) is 2.88. The van der Waals surface area contributed by atoms with E-state index in [1.54, 1.807) is 30.3 Å². The van der Waals surface area contributed by atoms with E-state index in [9.17, 15) is 9.18 Å². The fourth-order valence-corrected chi connectivity index (χ4v) is 1.89. The molecule has 0 fully saturated rings. The van der Waals surface area contributed by atoms with Crippen molar-refractivity contribution in [2.45, 2.75) is 6.54 Å². The first-order chi connectivity index (χ1) is 9.63. The van der Waals surface area contributed by atoms with Gasteiger partial charge in [-0.25, -0.2) is 4.39 Å². The summed E-state index contributed by atoms with van der Waals surface area (Å²) in [5, 5.41) is 11.9. The zero-order chi connectivity index (χ0) is 14.5. The molecule has 4 nitrogen and oxygen atoms in total. The third kappa shape index (κ3) is 2.75. The molecule has 2 aromatic carbocycles. The molecule has 0 atom stereocenters. The Labute approximate surface area is 115 Å². The van der Waals surface area contributed by atoms with E-state index in [2.05, 4.69) is 5.32 Å². The molecule has 5 heteroatoms. The van der Waals surface area contributed by atoms with E-state index in [4.69, 9.17) is 11.0 Å². The minimum Gasteiger partial charge on any atom is -0.380 e. The molecule has 3 N–H and O–H groups in total. The number of halogens is 1. The molecule has 0 aliphatic heterocycles. The minimum atomic E-state index is -0.583. The molecule has 0 radical (unpaired) electrons. The number of hydrogen-bond acceptors (Lipinski definition) is 3. The van der Waals surface area contributed by atoms with E-state index in [-0.39, 0.29) is 12.1 Å². The largest absolute Gasteiger partial charge is 0.380 e. The van der Waals surface area contributed by atoms with Gasteiger partial charge in [-0.1, -0.05) is 24.3 Å². The predicted octanol–water partition coefficient (Wildman–Crippen LogP) is 2.41. The van der Waals surface area contributed by atoms with Crippen LogP contribution in [0, 0.1) is 17.1 Å². The van der Waals surface area contributed by atoms with Gasteiger partial charge in [-0.05, 0) is 23.8 Å². The number of nitrogens with zero attached hydrogens (tertiary/aromatic N) is 1. The first-order valence-corrected chi connectivity index (χ1v) is 5.93. The second-order valence-corrected chi connectivity index (χ2v) is 4.15. The Kier molecular flexibility index (Phi) is 3.96. The topological polar surface area (TPSA) is 78.9 Å². The second-order valence-electron chi connectivity index (χ2n) is 4.15. The second kappa shape index (κ2) is 5.85. The van der Waals surface area contributed by atoms with E-state index in [1.807, 2.05) is 6.07 Å². The number of nitriles is 1. The van der Waals surface area contributed by atoms with Crippen LogP contribution in [0.1, 0.15) is 21.5 Å². The van der Waals surface area contributed by atoms with Gasteiger partial charge >= 0.3 is 0 Å². The molecule has 0 aromatic heterocycles. The lowest BCUT2D eigenvalue weighted by Gasteiger charge is -2.11. The maximum atomic E-state index is 13.4. The van der Waals surface area contributed by atoms with Gasteiger partial charge in [0.05, 0.1) is 5.69 Å². The van der Waals surface area contributed by atoms with Gasteiger partial charge in [0.1, 0.15) is 17.4 Å². The average Bonchev–Trinajstić information content (AvgIpc) is 2.45. The molecule has 100 valence electrons. The van der Waals surface area contributed by atoms with Crippen LogP contribution in [-0.2, 0) is 6.54 Å². The van der Waals surface area contributed by atoms with Crippen molar-refractivity contribution in [1.29, 1.82) is 5.26 Å². The van der Waals surface area contributed by atoms with Crippen molar-refractivity contribution < 1.29 is 9.18 Å². The highest BCUT2D eigenvalue weighted by atomic mass is 19.1. The summed E-state index contributed by atoms with van der Waals surface area (Å²) in [5.74, 6) is -1.11. The fourth-order valence-electron chi connectivity index (χ4n) is 1.89. The standard InChI is InChI=1S/C15H12FN3O/c16-13-6-3-7-14(12(13)8-17)19-9-10-4-1-2-5-11(10)15(18)20/h1-7,19H,9H2,(H2,18,20). The maximum absolute atomic E-state index is 13.4. The zero-order valence-electron chi connectivity index (χ0n) is 10.6. The molecule has 0 unspecified atom stereocenters. The summed E-state index contributed by atoms with van der Waals surface area (Å²) < 4.78 is 13.4. The van der Waals surface area contributed by atoms with Crippen molar-refractivity contribution in [2.24, 2.45) is 5.73 Å². The summed E-state index contributed by atoms with van der Waals surface area (Å²) in [5.41, 5.74) is 6.70. The molecule has 2 rings (SSSR count). The van der Waals surface area contributed by atoms with E-state index in [1.165, 1.54) is 12.1 Å². The highest BCUT2D eigenvalue weighted by Gasteiger charge is 2.10. The smallest absolute Gasteiger partial charge is 0.249 e. The first kappa shape index (κ1) is 13.6. The Morgan fingerprint density at radius 2 is 2.00 bits per heavy atom. The van der Waals surface area contributed by atoms with Gasteiger partial charge in [0.25, 0.3) is 0 Å². The van der Waals surface area contributed by atoms with E-state index in [0.29, 0.717) is 16.8 Å². The first-order valence-electron chi connectivity index (χ1n) is 5.93. The molecule has 0 heterocycles. The summed E-state index contributed by atoms with van der Waals surface area (Å²) in [6, 6.07) is 13.0. The van der Waals surface area contributed by atoms with Crippen LogP contribution in [0.25, 0.3) is 0 Å². The number of hydrogen-bond donors (Lipinski definition) is 2. The van der Waals surface area contributed by atoms with Crippen LogP contribution in [0.15, 0.2) is 42.5 Å². The lowest BCUT2D eigenvalue weighted by atomic mass is 10.1. The van der Waals surface area contributed by atoms with Gasteiger partial charge in [0.15, 0.2) is 0 Å². The fraction of sp³-hybridized carbons (Fsp3) is 0.0667. The Morgan fingerprint density at radius 1 is 1.25 bits per heavy atom. The molecule has 20 heavy (non-hydrogen) atoms. The van der Waals surface area contributed by atoms with Crippen LogP contribution in [0.2, 0.25) is 0 Å². The van der Waals surface area contributed by atoms with Crippen LogP contribution < -0.4 is 11.1 Å². The van der Waals surface area contributed by atoms with Crippen LogP contribution in [0.3, 0.4) is 0 Å². The van der Waals surface area contributed by atoms with Crippen molar-refractivity contribution in [3.63, 3.8) is 0 Å². The highest BCUT2D eigenvalue weighted by Crippen LogP contribution is 2.19. The number of nitrogens with one attached hydrogen (secondary N) is 1. The highest BCUT2D eigenvalue weighted by molar-refractivity contribution is 5.94. The quantitative estimate of drug-likeness (QED) is 0.894. The number of primary amides is 1. The molecule has 0 aliphatic rings. The molecule has 0 saturated carbocycles. The molecule has 0 saturated heterocycles. The summed E-state index contributed by atoms with van der Waals surface area (Å²) in [7, 11) is 0. The average molecular weight is 269 g/mol. The molecule has 2 aromatic rings. The van der Waals surface area contributed by atoms with Crippen molar-refractivity contribution in [1.82, 2.24) is 0 Å². The number of carbonyl (C=O) groups excluding carboxylic acids is 1. The van der Waals surface area contributed by atoms with E-state index < -0.39 is 11.7 Å². The third-order valence-electron chi connectivity index (χ3n) is 2.88. The zero-order valence-corrected chi connectivity index (χ0v) is 10.6. The number of rotatable bonds is 4. The van der Waals surface area contributed by atoms with Crippen LogP contribution >= 0.6 is 0 Å². The SMILES string of the molecule is N#Cc1c(F)cccc1NCc1ccccc1C(N)=O. The Balaban J connectivity index is 2.24. The number of carbonyl (C=O) groups is 1. The lowest BCUT2D eigenvalue weighted by molar-refractivity contribution is 0.0999. The Bertz CT molecular complexity index is 692. The lowest BCUT2D eigenvalue weighted by Crippen LogP contribution is -2.15. The monoisotopic (exact) mass is 269 g/mol. The summed E-state index contributed by atoms with van der Waals surface area (Å²) >= 11 is 0. The summed E-state index contributed by atoms with van der Waals surface area (Å²) in [6.45, 7) is 0.275. The van der Waals surface area contributed by atoms with Crippen molar-refractivity contribution in [3.8, 4) is 6.07 Å². The number of benzene rings is 2. The number of amides is 1. The minimum absolute atomic E-state index is 0.0518. The van der Waals surface area contributed by atoms with Crippen LogP contribution in [0.4, 0.5) is 10.1 Å². The van der Waals surface area contributed by atoms with Gasteiger partial charge in [-0.3, -0.25) is 4.79 Å². The van der Waals surface area contributed by atoms with Crippen molar-refractivity contribution in [3.05, 3.63) is 65.0 Å². The van der Waals surface area contributed by atoms with Gasteiger partial charge in [-0.15, -0.1) is 0 Å². The van der Waals surface area contributed by atoms with Gasteiger partial charge < -0.3 is 11.1 Å². The van der Waals surface area contributed by atoms with Crippen LogP contribution in [0.5, 0.6) is 0 Å². The maximum Gasteiger partial charge on any atom is 0.249 e. The molecule has 1 amide bonds. The van der Waals surface area contributed by atoms with E-state index in [0.717, 1.165) is 0 Å². The number of anilines is 1. The molecular weight excluding hydrogens is 257 g/mol. The summed E-state index contributed by atoms with van der Waals surface area (Å²) in [6.07, 6.45) is 0. The van der Waals surface area contributed by atoms with Crippen molar-refractivity contribution >= 4 is 11.6 Å². The molecular formula is C15H12FN3O. The van der Waals surface area contributed by atoms with Gasteiger partial charge in [0.2, 0.25) is 5.91 Å². The van der Waals surface area contributed by atoms with Crippen LogP contribution in [-0.4, -0.2) is 5.91 Å². The van der Waals surface area contributed by atoms with Gasteiger partial charge in [-0.2, -0.15) is 5.26 Å². The number of nitrogens with two attached hydrogens (primary N) is 1. The molecule has 0 bridgehead atoms. The van der Waals surface area contributed by atoms with E-state index >= 15 is 0 Å². The van der Waals surface area contributed by atoms with Crippen molar-refractivity contribution in [2.75, 3.05) is 5.32 Å². The van der Waals surface area contributed by atoms with Gasteiger partial charge in [0, 0.05) is 12.1 Å². The Hall–Kier alpha value is -2.87. The predicted molar refractivity (Wildman–Crippen MR) is 73.4 cm³/mol. The Morgan fingerprint density at radius 3 is 2.70 bits per heavy atom. The molecule has 0 spiro atoms.